The number of halogens is 1. The fourth-order valence-electron chi connectivity index (χ4n) is 2.78. The Morgan fingerprint density at radius 1 is 1.24 bits per heavy atom. The Labute approximate surface area is 134 Å². The average molecular weight is 346 g/mol. The molecule has 3 nitrogen and oxygen atoms in total. The Morgan fingerprint density at radius 2 is 2.14 bits per heavy atom. The van der Waals surface area contributed by atoms with Gasteiger partial charge in [0.15, 0.2) is 0 Å². The molecule has 1 aliphatic carbocycles. The fourth-order valence-corrected chi connectivity index (χ4v) is 3.23. The smallest absolute Gasteiger partial charge is 0.135 e. The van der Waals surface area contributed by atoms with E-state index in [1.807, 2.05) is 6.07 Å². The lowest BCUT2D eigenvalue weighted by molar-refractivity contribution is 0.884. The highest BCUT2D eigenvalue weighted by Crippen LogP contribution is 2.27. The molecule has 0 saturated carbocycles. The van der Waals surface area contributed by atoms with Gasteiger partial charge in [-0.1, -0.05) is 35.0 Å². The number of fused-ring (bicyclic) bond motifs is 1. The normalized spacial score (nSPS) is 13.2. The van der Waals surface area contributed by atoms with Crippen LogP contribution in [-0.2, 0) is 19.3 Å². The SMILES string of the molecule is CCCNc1nc(Cc2cccc(Br)c2)nc2c1CCC2. The van der Waals surface area contributed by atoms with Crippen molar-refractivity contribution in [1.29, 1.82) is 0 Å². The number of nitrogens with zero attached hydrogens (tertiary/aromatic N) is 2. The highest BCUT2D eigenvalue weighted by atomic mass is 79.9. The maximum absolute atomic E-state index is 4.78. The number of nitrogens with one attached hydrogen (secondary N) is 1. The summed E-state index contributed by atoms with van der Waals surface area (Å²) >= 11 is 3.52. The van der Waals surface area contributed by atoms with Crippen molar-refractivity contribution < 1.29 is 0 Å². The van der Waals surface area contributed by atoms with Crippen LogP contribution in [0.25, 0.3) is 0 Å². The van der Waals surface area contributed by atoms with Crippen molar-refractivity contribution in [2.45, 2.75) is 39.0 Å². The Hall–Kier alpha value is -1.42. The van der Waals surface area contributed by atoms with Crippen LogP contribution < -0.4 is 5.32 Å². The number of aryl methyl sites for hydroxylation is 1. The summed E-state index contributed by atoms with van der Waals surface area (Å²) in [6.07, 6.45) is 5.29. The minimum absolute atomic E-state index is 0.785. The largest absolute Gasteiger partial charge is 0.370 e. The number of anilines is 1. The van der Waals surface area contributed by atoms with Crippen LogP contribution in [0.4, 0.5) is 5.82 Å². The number of rotatable bonds is 5. The molecule has 1 aromatic heterocycles. The van der Waals surface area contributed by atoms with Crippen LogP contribution in [0.2, 0.25) is 0 Å². The quantitative estimate of drug-likeness (QED) is 0.884. The van der Waals surface area contributed by atoms with E-state index in [9.17, 15) is 0 Å². The Kier molecular flexibility index (Phi) is 4.54. The third-order valence-electron chi connectivity index (χ3n) is 3.77. The molecular formula is C17H20BrN3. The third-order valence-corrected chi connectivity index (χ3v) is 4.27. The van der Waals surface area contributed by atoms with Gasteiger partial charge in [0.05, 0.1) is 0 Å². The summed E-state index contributed by atoms with van der Waals surface area (Å²) in [6.45, 7) is 3.15. The minimum Gasteiger partial charge on any atom is -0.370 e. The topological polar surface area (TPSA) is 37.8 Å². The Bertz CT molecular complexity index is 640. The third kappa shape index (κ3) is 3.43. The molecule has 1 aliphatic rings. The van der Waals surface area contributed by atoms with Crippen molar-refractivity contribution >= 4 is 21.7 Å². The highest BCUT2D eigenvalue weighted by Gasteiger charge is 2.19. The van der Waals surface area contributed by atoms with E-state index in [1.165, 1.54) is 23.2 Å². The Balaban J connectivity index is 1.88. The van der Waals surface area contributed by atoms with E-state index in [2.05, 4.69) is 46.4 Å². The van der Waals surface area contributed by atoms with Crippen molar-refractivity contribution in [3.05, 3.63) is 51.4 Å². The van der Waals surface area contributed by atoms with Gasteiger partial charge in [0.1, 0.15) is 11.6 Å². The summed E-state index contributed by atoms with van der Waals surface area (Å²) in [6, 6.07) is 8.36. The van der Waals surface area contributed by atoms with Crippen molar-refractivity contribution in [2.24, 2.45) is 0 Å². The number of hydrogen-bond acceptors (Lipinski definition) is 3. The molecule has 0 radical (unpaired) electrons. The van der Waals surface area contributed by atoms with Crippen molar-refractivity contribution in [1.82, 2.24) is 9.97 Å². The lowest BCUT2D eigenvalue weighted by atomic mass is 10.1. The van der Waals surface area contributed by atoms with Crippen LogP contribution in [0.1, 0.15) is 42.4 Å². The molecule has 4 heteroatoms. The molecule has 0 aliphatic heterocycles. The van der Waals surface area contributed by atoms with Crippen LogP contribution in [0.5, 0.6) is 0 Å². The molecule has 0 atom stereocenters. The van der Waals surface area contributed by atoms with E-state index in [4.69, 9.17) is 9.97 Å². The molecule has 3 rings (SSSR count). The van der Waals surface area contributed by atoms with E-state index in [0.717, 1.165) is 48.3 Å². The molecule has 0 spiro atoms. The molecule has 2 aromatic rings. The molecule has 1 heterocycles. The van der Waals surface area contributed by atoms with E-state index < -0.39 is 0 Å². The average Bonchev–Trinajstić information content (AvgIpc) is 2.93. The van der Waals surface area contributed by atoms with Gasteiger partial charge in [0, 0.05) is 28.7 Å². The van der Waals surface area contributed by atoms with Crippen LogP contribution in [0, 0.1) is 0 Å². The first-order valence-electron chi connectivity index (χ1n) is 7.63. The van der Waals surface area contributed by atoms with Crippen molar-refractivity contribution in [3.8, 4) is 0 Å². The van der Waals surface area contributed by atoms with Gasteiger partial charge in [-0.2, -0.15) is 0 Å². The van der Waals surface area contributed by atoms with Crippen LogP contribution in [0.15, 0.2) is 28.7 Å². The zero-order chi connectivity index (χ0) is 14.7. The van der Waals surface area contributed by atoms with Gasteiger partial charge >= 0.3 is 0 Å². The van der Waals surface area contributed by atoms with Crippen molar-refractivity contribution in [3.63, 3.8) is 0 Å². The number of aromatic nitrogens is 2. The van der Waals surface area contributed by atoms with Gasteiger partial charge in [-0.25, -0.2) is 9.97 Å². The van der Waals surface area contributed by atoms with Gasteiger partial charge < -0.3 is 5.32 Å². The minimum atomic E-state index is 0.785. The van der Waals surface area contributed by atoms with E-state index >= 15 is 0 Å². The molecular weight excluding hydrogens is 326 g/mol. The zero-order valence-electron chi connectivity index (χ0n) is 12.3. The maximum Gasteiger partial charge on any atom is 0.135 e. The first-order valence-corrected chi connectivity index (χ1v) is 8.42. The van der Waals surface area contributed by atoms with Crippen LogP contribution in [-0.4, -0.2) is 16.5 Å². The van der Waals surface area contributed by atoms with Gasteiger partial charge in [0.2, 0.25) is 0 Å². The second-order valence-electron chi connectivity index (χ2n) is 5.50. The molecule has 1 aromatic carbocycles. The lowest BCUT2D eigenvalue weighted by Gasteiger charge is -2.11. The van der Waals surface area contributed by atoms with E-state index in [1.54, 1.807) is 0 Å². The predicted molar refractivity (Wildman–Crippen MR) is 89.8 cm³/mol. The lowest BCUT2D eigenvalue weighted by Crippen LogP contribution is -2.10. The van der Waals surface area contributed by atoms with E-state index in [0.29, 0.717) is 0 Å². The molecule has 0 bridgehead atoms. The highest BCUT2D eigenvalue weighted by molar-refractivity contribution is 9.10. The second-order valence-corrected chi connectivity index (χ2v) is 6.42. The number of hydrogen-bond donors (Lipinski definition) is 1. The van der Waals surface area contributed by atoms with Crippen LogP contribution >= 0.6 is 15.9 Å². The molecule has 110 valence electrons. The van der Waals surface area contributed by atoms with Gasteiger partial charge in [-0.3, -0.25) is 0 Å². The molecule has 0 saturated heterocycles. The summed E-state index contributed by atoms with van der Waals surface area (Å²) in [5, 5.41) is 3.47. The molecule has 0 fully saturated rings. The summed E-state index contributed by atoms with van der Waals surface area (Å²) < 4.78 is 1.10. The van der Waals surface area contributed by atoms with Crippen molar-refractivity contribution in [2.75, 3.05) is 11.9 Å². The summed E-state index contributed by atoms with van der Waals surface area (Å²) in [5.41, 5.74) is 3.82. The molecule has 1 N–H and O–H groups in total. The van der Waals surface area contributed by atoms with Crippen LogP contribution in [0.3, 0.4) is 0 Å². The summed E-state index contributed by atoms with van der Waals surface area (Å²) in [7, 11) is 0. The van der Waals surface area contributed by atoms with Gasteiger partial charge in [-0.15, -0.1) is 0 Å². The monoisotopic (exact) mass is 345 g/mol. The number of benzene rings is 1. The second kappa shape index (κ2) is 6.56. The fraction of sp³-hybridized carbons (Fsp3) is 0.412. The molecule has 0 amide bonds. The van der Waals surface area contributed by atoms with E-state index in [-0.39, 0.29) is 0 Å². The molecule has 0 unspecified atom stereocenters. The predicted octanol–water partition coefficient (Wildman–Crippen LogP) is 4.14. The molecule has 21 heavy (non-hydrogen) atoms. The Morgan fingerprint density at radius 3 is 2.95 bits per heavy atom. The first-order chi connectivity index (χ1) is 10.3. The zero-order valence-corrected chi connectivity index (χ0v) is 13.9. The van der Waals surface area contributed by atoms with Gasteiger partial charge in [-0.05, 0) is 43.4 Å². The first kappa shape index (κ1) is 14.5. The summed E-state index contributed by atoms with van der Waals surface area (Å²) in [5.74, 6) is 1.98. The maximum atomic E-state index is 4.78. The summed E-state index contributed by atoms with van der Waals surface area (Å²) in [4.78, 5) is 9.55. The standard InChI is InChI=1S/C17H20BrN3/c1-2-9-19-17-14-7-4-8-15(14)20-16(21-17)11-12-5-3-6-13(18)10-12/h3,5-6,10H,2,4,7-9,11H2,1H3,(H,19,20,21). The van der Waals surface area contributed by atoms with Gasteiger partial charge in [0.25, 0.3) is 0 Å².